The molecule has 2 fully saturated rings. The van der Waals surface area contributed by atoms with Crippen molar-refractivity contribution in [3.8, 4) is 17.0 Å². The Labute approximate surface area is 316 Å². The first-order valence-corrected chi connectivity index (χ1v) is 19.8. The van der Waals surface area contributed by atoms with E-state index in [0.29, 0.717) is 42.0 Å². The number of piperidine rings is 1. The van der Waals surface area contributed by atoms with Crippen LogP contribution >= 0.6 is 11.3 Å². The molecule has 290 valence electrons. The van der Waals surface area contributed by atoms with E-state index in [9.17, 15) is 23.2 Å². The minimum Gasteiger partial charge on any atom is -0.490 e. The fraction of sp³-hybridized carbons (Fsp3) is 0.526. The number of benzene rings is 2. The Balaban J connectivity index is 0.798. The van der Waals surface area contributed by atoms with Crippen LogP contribution < -0.4 is 31.1 Å². The molecule has 4 aromatic rings. The number of hydrogen-bond donors (Lipinski definition) is 3. The van der Waals surface area contributed by atoms with Gasteiger partial charge in [-0.05, 0) is 81.9 Å². The third kappa shape index (κ3) is 10.4. The topological polar surface area (TPSA) is 153 Å². The normalized spacial score (nSPS) is 16.2. The van der Waals surface area contributed by atoms with Gasteiger partial charge in [0.05, 0.1) is 30.9 Å². The van der Waals surface area contributed by atoms with Crippen LogP contribution in [-0.4, -0.2) is 84.3 Å². The van der Waals surface area contributed by atoms with Crippen LogP contribution in [0, 0.1) is 11.6 Å². The molecule has 1 atom stereocenters. The van der Waals surface area contributed by atoms with Crippen molar-refractivity contribution in [3.63, 3.8) is 0 Å². The monoisotopic (exact) mass is 766 g/mol. The molecule has 0 radical (unpaired) electrons. The molecule has 1 unspecified atom stereocenters. The van der Waals surface area contributed by atoms with Crippen LogP contribution in [0.4, 0.5) is 19.6 Å². The number of rotatable bonds is 20. The van der Waals surface area contributed by atoms with Crippen molar-refractivity contribution in [1.82, 2.24) is 30.6 Å². The second-order valence-electron chi connectivity index (χ2n) is 13.6. The fourth-order valence-corrected chi connectivity index (χ4v) is 7.47. The second-order valence-corrected chi connectivity index (χ2v) is 14.4. The molecule has 13 nitrogen and oxygen atoms in total. The number of carbonyl (C=O) groups excluding carboxylic acids is 2. The highest BCUT2D eigenvalue weighted by Gasteiger charge is 2.30. The molecule has 6 rings (SSSR count). The van der Waals surface area contributed by atoms with E-state index in [1.165, 1.54) is 23.8 Å². The Morgan fingerprint density at radius 2 is 1.67 bits per heavy atom. The number of anilines is 2. The number of thiazole rings is 1. The molecule has 2 amide bonds. The Morgan fingerprint density at radius 1 is 0.926 bits per heavy atom. The van der Waals surface area contributed by atoms with Gasteiger partial charge in [-0.1, -0.05) is 30.9 Å². The van der Waals surface area contributed by atoms with Crippen molar-refractivity contribution < 1.29 is 27.8 Å². The molecule has 0 saturated carbocycles. The van der Waals surface area contributed by atoms with Gasteiger partial charge < -0.3 is 25.0 Å². The maximum absolute atomic E-state index is 14.8. The number of morpholine rings is 1. The summed E-state index contributed by atoms with van der Waals surface area (Å²) in [4.78, 5) is 43.6. The molecule has 2 aliphatic heterocycles. The van der Waals surface area contributed by atoms with Crippen LogP contribution in [0.15, 0.2) is 40.5 Å². The minimum atomic E-state index is -0.979. The van der Waals surface area contributed by atoms with Crippen molar-refractivity contribution in [1.29, 1.82) is 0 Å². The standard InChI is InChI=1S/C38H48F2N8O5S/c39-29-12-11-27(31-25-54-38(43-31)47-19-22-52-23-20-47)35(34(29)40)53-21-9-5-7-17-41-16-6-3-1-2-4-8-18-42-26-10-13-30-28(24-26)37(51)48(46-45-30)32-14-15-33(49)44-36(32)50/h10-13,24-25,32,41-42H,1-9,14-23H2,(H,44,49,50). The maximum atomic E-state index is 14.8. The zero-order valence-electron chi connectivity index (χ0n) is 30.4. The summed E-state index contributed by atoms with van der Waals surface area (Å²) in [5.74, 6) is -2.88. The van der Waals surface area contributed by atoms with Crippen LogP contribution in [0.2, 0.25) is 0 Å². The SMILES string of the molecule is O=C1CCC(n2nnc3ccc(NCCCCCCCCNCCCCCOc4c(-c5csc(N6CCOCC6)n5)ccc(F)c4F)cc3c2=O)C(=O)N1. The fourth-order valence-electron chi connectivity index (χ4n) is 6.59. The van der Waals surface area contributed by atoms with E-state index >= 15 is 0 Å². The van der Waals surface area contributed by atoms with Gasteiger partial charge in [0.15, 0.2) is 16.7 Å². The van der Waals surface area contributed by atoms with Crippen molar-refractivity contribution in [2.24, 2.45) is 0 Å². The summed E-state index contributed by atoms with van der Waals surface area (Å²) in [5, 5.41) is 20.3. The van der Waals surface area contributed by atoms with E-state index in [2.05, 4.69) is 36.1 Å². The molecular formula is C38H48F2N8O5S. The Bertz CT molecular complexity index is 1940. The van der Waals surface area contributed by atoms with Gasteiger partial charge in [0, 0.05) is 42.7 Å². The van der Waals surface area contributed by atoms with Crippen molar-refractivity contribution in [2.45, 2.75) is 76.7 Å². The van der Waals surface area contributed by atoms with Gasteiger partial charge in [-0.2, -0.15) is 9.07 Å². The summed E-state index contributed by atoms with van der Waals surface area (Å²) in [6, 6.07) is 7.15. The molecule has 0 spiro atoms. The summed E-state index contributed by atoms with van der Waals surface area (Å²) in [6.45, 7) is 5.74. The van der Waals surface area contributed by atoms with Crippen LogP contribution in [0.3, 0.4) is 0 Å². The first-order valence-electron chi connectivity index (χ1n) is 19.0. The summed E-state index contributed by atoms with van der Waals surface area (Å²) >= 11 is 1.48. The van der Waals surface area contributed by atoms with Crippen LogP contribution in [-0.2, 0) is 14.3 Å². The number of hydrogen-bond acceptors (Lipinski definition) is 12. The van der Waals surface area contributed by atoms with Crippen molar-refractivity contribution in [2.75, 3.05) is 62.8 Å². The van der Waals surface area contributed by atoms with Gasteiger partial charge in [0.2, 0.25) is 11.7 Å². The van der Waals surface area contributed by atoms with Gasteiger partial charge >= 0.3 is 0 Å². The molecule has 3 N–H and O–H groups in total. The average molecular weight is 767 g/mol. The first kappa shape index (κ1) is 39.2. The Morgan fingerprint density at radius 3 is 2.44 bits per heavy atom. The lowest BCUT2D eigenvalue weighted by molar-refractivity contribution is -0.136. The number of amides is 2. The van der Waals surface area contributed by atoms with Gasteiger partial charge in [-0.25, -0.2) is 9.37 Å². The smallest absolute Gasteiger partial charge is 0.278 e. The molecule has 4 heterocycles. The molecule has 2 aromatic carbocycles. The lowest BCUT2D eigenvalue weighted by atomic mass is 10.1. The largest absolute Gasteiger partial charge is 0.490 e. The first-order chi connectivity index (χ1) is 26.4. The summed E-state index contributed by atoms with van der Waals surface area (Å²) in [7, 11) is 0. The quantitative estimate of drug-likeness (QED) is 0.0762. The Kier molecular flexibility index (Phi) is 14.3. The number of halogens is 2. The molecule has 2 aliphatic rings. The van der Waals surface area contributed by atoms with E-state index in [1.54, 1.807) is 12.1 Å². The van der Waals surface area contributed by atoms with Crippen LogP contribution in [0.1, 0.15) is 76.7 Å². The summed E-state index contributed by atoms with van der Waals surface area (Å²) in [6.07, 6.45) is 9.70. The van der Waals surface area contributed by atoms with Crippen molar-refractivity contribution >= 4 is 44.9 Å². The van der Waals surface area contributed by atoms with Crippen molar-refractivity contribution in [3.05, 3.63) is 57.7 Å². The average Bonchev–Trinajstić information content (AvgIpc) is 3.67. The van der Waals surface area contributed by atoms with E-state index < -0.39 is 29.1 Å². The van der Waals surface area contributed by atoms with Crippen LogP contribution in [0.25, 0.3) is 22.2 Å². The highest BCUT2D eigenvalue weighted by molar-refractivity contribution is 7.14. The van der Waals surface area contributed by atoms with E-state index in [0.717, 1.165) is 106 Å². The summed E-state index contributed by atoms with van der Waals surface area (Å²) in [5.41, 5.74) is 1.90. The molecular weight excluding hydrogens is 719 g/mol. The molecule has 2 saturated heterocycles. The highest BCUT2D eigenvalue weighted by atomic mass is 32.1. The van der Waals surface area contributed by atoms with Crippen LogP contribution in [0.5, 0.6) is 5.75 Å². The number of unbranched alkanes of at least 4 members (excludes halogenated alkanes) is 7. The third-order valence-electron chi connectivity index (χ3n) is 9.64. The number of imide groups is 1. The molecule has 54 heavy (non-hydrogen) atoms. The van der Waals surface area contributed by atoms with Gasteiger partial charge in [0.1, 0.15) is 11.6 Å². The molecule has 0 bridgehead atoms. The summed E-state index contributed by atoms with van der Waals surface area (Å²) < 4.78 is 41.2. The number of carbonyl (C=O) groups is 2. The van der Waals surface area contributed by atoms with E-state index in [-0.39, 0.29) is 24.5 Å². The maximum Gasteiger partial charge on any atom is 0.278 e. The number of ether oxygens (including phenoxy) is 2. The molecule has 2 aromatic heterocycles. The van der Waals surface area contributed by atoms with Gasteiger partial charge in [0.25, 0.3) is 11.5 Å². The predicted molar refractivity (Wildman–Crippen MR) is 204 cm³/mol. The lowest BCUT2D eigenvalue weighted by Gasteiger charge is -2.26. The lowest BCUT2D eigenvalue weighted by Crippen LogP contribution is -2.45. The van der Waals surface area contributed by atoms with E-state index in [4.69, 9.17) is 9.47 Å². The second kappa shape index (κ2) is 19.7. The Hall–Kier alpha value is -4.54. The molecule has 16 heteroatoms. The van der Waals surface area contributed by atoms with Gasteiger partial charge in [-0.3, -0.25) is 19.7 Å². The number of fused-ring (bicyclic) bond motifs is 1. The zero-order chi connectivity index (χ0) is 37.7. The minimum absolute atomic E-state index is 0.0782. The molecule has 0 aliphatic carbocycles. The number of nitrogens with one attached hydrogen (secondary N) is 3. The van der Waals surface area contributed by atoms with Gasteiger partial charge in [-0.15, -0.1) is 16.4 Å². The zero-order valence-corrected chi connectivity index (χ0v) is 31.2. The van der Waals surface area contributed by atoms with E-state index in [1.807, 2.05) is 11.4 Å². The number of aromatic nitrogens is 4. The third-order valence-corrected chi connectivity index (χ3v) is 10.5. The number of nitrogens with zero attached hydrogens (tertiary/aromatic N) is 5. The predicted octanol–water partition coefficient (Wildman–Crippen LogP) is 5.60. The highest BCUT2D eigenvalue weighted by Crippen LogP contribution is 2.36.